The van der Waals surface area contributed by atoms with Crippen LogP contribution in [0.25, 0.3) is 0 Å². The molecule has 0 saturated carbocycles. The Bertz CT molecular complexity index is 845. The van der Waals surface area contributed by atoms with Gasteiger partial charge in [-0.1, -0.05) is 0 Å². The third-order valence-electron chi connectivity index (χ3n) is 4.24. The molecule has 1 aliphatic rings. The van der Waals surface area contributed by atoms with Gasteiger partial charge in [0.2, 0.25) is 10.0 Å². The molecule has 0 aliphatic carbocycles. The van der Waals surface area contributed by atoms with Gasteiger partial charge in [0.05, 0.1) is 10.9 Å². The number of ether oxygens (including phenoxy) is 2. The quantitative estimate of drug-likeness (QED) is 0.837. The SMILES string of the molecule is CN(C)C(CNS(=O)(=O)c1ccc2c(c1)OCCO2)c1cccn1C. The lowest BCUT2D eigenvalue weighted by molar-refractivity contribution is 0.171. The molecule has 1 N–H and O–H groups in total. The third-order valence-corrected chi connectivity index (χ3v) is 5.66. The molecule has 0 spiro atoms. The Hall–Kier alpha value is -2.03. The second-order valence-electron chi connectivity index (χ2n) is 6.18. The molecule has 1 unspecified atom stereocenters. The second-order valence-corrected chi connectivity index (χ2v) is 7.95. The van der Waals surface area contributed by atoms with Gasteiger partial charge in [-0.3, -0.25) is 4.90 Å². The largest absolute Gasteiger partial charge is 0.486 e. The molecule has 8 heteroatoms. The van der Waals surface area contributed by atoms with E-state index < -0.39 is 10.0 Å². The summed E-state index contributed by atoms with van der Waals surface area (Å²) in [4.78, 5) is 2.16. The Morgan fingerprint density at radius 2 is 1.92 bits per heavy atom. The highest BCUT2D eigenvalue weighted by Gasteiger charge is 2.23. The lowest BCUT2D eigenvalue weighted by atomic mass is 10.2. The zero-order valence-electron chi connectivity index (χ0n) is 14.6. The third kappa shape index (κ3) is 3.81. The van der Waals surface area contributed by atoms with Gasteiger partial charge in [0.1, 0.15) is 13.2 Å². The normalized spacial score (nSPS) is 15.4. The molecule has 2 heterocycles. The standard InChI is InChI=1S/C17H23N3O4S/c1-19(2)15(14-5-4-8-20(14)3)12-18-25(21,22)13-6-7-16-17(11-13)24-10-9-23-16/h4-8,11,15,18H,9-10,12H2,1-3H3. The summed E-state index contributed by atoms with van der Waals surface area (Å²) in [5.74, 6) is 1.03. The van der Waals surface area contributed by atoms with Crippen LogP contribution in [0.3, 0.4) is 0 Å². The van der Waals surface area contributed by atoms with Crippen LogP contribution in [0.5, 0.6) is 11.5 Å². The number of hydrogen-bond acceptors (Lipinski definition) is 5. The van der Waals surface area contributed by atoms with Crippen LogP contribution in [0.1, 0.15) is 11.7 Å². The van der Waals surface area contributed by atoms with Crippen LogP contribution in [-0.2, 0) is 17.1 Å². The molecular formula is C17H23N3O4S. The van der Waals surface area contributed by atoms with Crippen LogP contribution >= 0.6 is 0 Å². The molecular weight excluding hydrogens is 342 g/mol. The number of hydrogen-bond donors (Lipinski definition) is 1. The summed E-state index contributed by atoms with van der Waals surface area (Å²) in [6, 6.07) is 8.52. The van der Waals surface area contributed by atoms with Crippen LogP contribution in [0.15, 0.2) is 41.4 Å². The zero-order chi connectivity index (χ0) is 18.0. The number of benzene rings is 1. The van der Waals surface area contributed by atoms with E-state index in [1.54, 1.807) is 6.07 Å². The molecule has 1 aliphatic heterocycles. The fourth-order valence-corrected chi connectivity index (χ4v) is 3.89. The van der Waals surface area contributed by atoms with Gasteiger partial charge in [-0.15, -0.1) is 0 Å². The maximum absolute atomic E-state index is 12.7. The minimum atomic E-state index is -3.65. The predicted octanol–water partition coefficient (Wildman–Crippen LogP) is 1.38. The Kier molecular flexibility index (Phi) is 5.03. The molecule has 3 rings (SSSR count). The van der Waals surface area contributed by atoms with E-state index >= 15 is 0 Å². The highest BCUT2D eigenvalue weighted by atomic mass is 32.2. The van der Waals surface area contributed by atoms with E-state index in [2.05, 4.69) is 4.72 Å². The molecule has 7 nitrogen and oxygen atoms in total. The molecule has 0 bridgehead atoms. The van der Waals surface area contributed by atoms with Crippen LogP contribution < -0.4 is 14.2 Å². The van der Waals surface area contributed by atoms with Crippen LogP contribution in [0.2, 0.25) is 0 Å². The molecule has 0 fully saturated rings. The maximum Gasteiger partial charge on any atom is 0.240 e. The van der Waals surface area contributed by atoms with Crippen molar-refractivity contribution in [3.8, 4) is 11.5 Å². The highest BCUT2D eigenvalue weighted by molar-refractivity contribution is 7.89. The van der Waals surface area contributed by atoms with Crippen molar-refractivity contribution in [1.82, 2.24) is 14.2 Å². The Balaban J connectivity index is 1.78. The van der Waals surface area contributed by atoms with Gasteiger partial charge < -0.3 is 14.0 Å². The number of fused-ring (bicyclic) bond motifs is 1. The zero-order valence-corrected chi connectivity index (χ0v) is 15.4. The fraction of sp³-hybridized carbons (Fsp3) is 0.412. The van der Waals surface area contributed by atoms with E-state index in [1.807, 2.05) is 48.9 Å². The number of likely N-dealkylation sites (N-methyl/N-ethyl adjacent to an activating group) is 1. The van der Waals surface area contributed by atoms with E-state index in [1.165, 1.54) is 12.1 Å². The van der Waals surface area contributed by atoms with Gasteiger partial charge in [0.25, 0.3) is 0 Å². The molecule has 136 valence electrons. The summed E-state index contributed by atoms with van der Waals surface area (Å²) < 4.78 is 40.9. The first-order valence-corrected chi connectivity index (χ1v) is 9.54. The van der Waals surface area contributed by atoms with E-state index in [0.29, 0.717) is 24.7 Å². The first-order chi connectivity index (χ1) is 11.9. The van der Waals surface area contributed by atoms with Gasteiger partial charge in [-0.05, 0) is 38.4 Å². The molecule has 0 saturated heterocycles. The van der Waals surface area contributed by atoms with Gasteiger partial charge in [0.15, 0.2) is 11.5 Å². The molecule has 1 atom stereocenters. The lowest BCUT2D eigenvalue weighted by Gasteiger charge is -2.25. The number of aromatic nitrogens is 1. The maximum atomic E-state index is 12.7. The molecule has 0 radical (unpaired) electrons. The minimum absolute atomic E-state index is 0.0769. The number of nitrogens with zero attached hydrogens (tertiary/aromatic N) is 2. The summed E-state index contributed by atoms with van der Waals surface area (Å²) in [6.07, 6.45) is 1.95. The Morgan fingerprint density at radius 3 is 2.56 bits per heavy atom. The average molecular weight is 365 g/mol. The Labute approximate surface area is 148 Å². The van der Waals surface area contributed by atoms with Crippen molar-refractivity contribution in [2.75, 3.05) is 33.9 Å². The molecule has 2 aromatic rings. The summed E-state index contributed by atoms with van der Waals surface area (Å²) in [5.41, 5.74) is 1.04. The number of sulfonamides is 1. The lowest BCUT2D eigenvalue weighted by Crippen LogP contribution is -2.35. The number of rotatable bonds is 6. The van der Waals surface area contributed by atoms with Crippen LogP contribution in [-0.4, -0.2) is 51.7 Å². The van der Waals surface area contributed by atoms with Crippen molar-refractivity contribution >= 4 is 10.0 Å². The van der Waals surface area contributed by atoms with Crippen molar-refractivity contribution in [3.05, 3.63) is 42.2 Å². The van der Waals surface area contributed by atoms with E-state index in [4.69, 9.17) is 9.47 Å². The van der Waals surface area contributed by atoms with Crippen molar-refractivity contribution in [1.29, 1.82) is 0 Å². The van der Waals surface area contributed by atoms with E-state index in [-0.39, 0.29) is 17.5 Å². The van der Waals surface area contributed by atoms with Crippen LogP contribution in [0, 0.1) is 0 Å². The smallest absolute Gasteiger partial charge is 0.240 e. The first kappa shape index (κ1) is 17.8. The van der Waals surface area contributed by atoms with Gasteiger partial charge >= 0.3 is 0 Å². The Morgan fingerprint density at radius 1 is 1.20 bits per heavy atom. The summed E-state index contributed by atoms with van der Waals surface area (Å²) in [7, 11) is 2.15. The van der Waals surface area contributed by atoms with Gasteiger partial charge in [-0.25, -0.2) is 13.1 Å². The number of nitrogens with one attached hydrogen (secondary N) is 1. The monoisotopic (exact) mass is 365 g/mol. The predicted molar refractivity (Wildman–Crippen MR) is 94.5 cm³/mol. The topological polar surface area (TPSA) is 72.8 Å². The summed E-state index contributed by atoms with van der Waals surface area (Å²) in [5, 5.41) is 0. The van der Waals surface area contributed by atoms with E-state index in [0.717, 1.165) is 5.69 Å². The summed E-state index contributed by atoms with van der Waals surface area (Å²) >= 11 is 0. The average Bonchev–Trinajstić information content (AvgIpc) is 3.00. The molecule has 25 heavy (non-hydrogen) atoms. The van der Waals surface area contributed by atoms with Gasteiger partial charge in [-0.2, -0.15) is 0 Å². The van der Waals surface area contributed by atoms with Gasteiger partial charge in [0, 0.05) is 31.5 Å². The van der Waals surface area contributed by atoms with Crippen molar-refractivity contribution in [3.63, 3.8) is 0 Å². The molecule has 1 aromatic carbocycles. The van der Waals surface area contributed by atoms with Crippen molar-refractivity contribution in [2.24, 2.45) is 7.05 Å². The fourth-order valence-electron chi connectivity index (χ4n) is 2.83. The summed E-state index contributed by atoms with van der Waals surface area (Å²) in [6.45, 7) is 1.15. The minimum Gasteiger partial charge on any atom is -0.486 e. The van der Waals surface area contributed by atoms with Crippen LogP contribution in [0.4, 0.5) is 0 Å². The molecule has 0 amide bonds. The molecule has 1 aromatic heterocycles. The van der Waals surface area contributed by atoms with E-state index in [9.17, 15) is 8.42 Å². The second kappa shape index (κ2) is 7.07. The van der Waals surface area contributed by atoms with Crippen molar-refractivity contribution in [2.45, 2.75) is 10.9 Å². The van der Waals surface area contributed by atoms with Crippen molar-refractivity contribution < 1.29 is 17.9 Å². The highest BCUT2D eigenvalue weighted by Crippen LogP contribution is 2.32. The first-order valence-electron chi connectivity index (χ1n) is 8.05. The number of aryl methyl sites for hydroxylation is 1.